The topological polar surface area (TPSA) is 3.88 Å². The van der Waals surface area contributed by atoms with Crippen LogP contribution in [0.4, 0.5) is 0 Å². The van der Waals surface area contributed by atoms with Crippen LogP contribution in [-0.2, 0) is 13.0 Å². The van der Waals surface area contributed by atoms with Gasteiger partial charge in [-0.05, 0) is 24.8 Å². The van der Waals surface area contributed by atoms with E-state index in [0.29, 0.717) is 0 Å². The first kappa shape index (κ1) is 16.2. The summed E-state index contributed by atoms with van der Waals surface area (Å²) in [5.74, 6) is 0. The number of unbranched alkanes of at least 4 members (excludes halogenated alkanes) is 7. The molecule has 0 saturated heterocycles. The molecule has 19 heavy (non-hydrogen) atoms. The van der Waals surface area contributed by atoms with E-state index in [1.54, 1.807) is 0 Å². The summed E-state index contributed by atoms with van der Waals surface area (Å²) in [6, 6.07) is 4.61. The van der Waals surface area contributed by atoms with Gasteiger partial charge < -0.3 is 0 Å². The lowest BCUT2D eigenvalue weighted by molar-refractivity contribution is -0.697. The molecule has 0 N–H and O–H groups in total. The Kier molecular flexibility index (Phi) is 9.40. The molecule has 0 aliphatic heterocycles. The van der Waals surface area contributed by atoms with Crippen LogP contribution in [0, 0.1) is 0 Å². The highest BCUT2D eigenvalue weighted by Gasteiger charge is 2.00. The molecule has 0 fully saturated rings. The van der Waals surface area contributed by atoms with Crippen LogP contribution in [-0.4, -0.2) is 0 Å². The third-order valence-corrected chi connectivity index (χ3v) is 3.80. The summed E-state index contributed by atoms with van der Waals surface area (Å²) in [5.41, 5.74) is 1.50. The minimum Gasteiger partial charge on any atom is -0.205 e. The molecule has 0 atom stereocenters. The fraction of sp³-hybridized carbons (Fsp3) is 0.722. The van der Waals surface area contributed by atoms with Crippen molar-refractivity contribution in [1.29, 1.82) is 0 Å². The smallest absolute Gasteiger partial charge is 0.169 e. The van der Waals surface area contributed by atoms with E-state index in [9.17, 15) is 0 Å². The minimum absolute atomic E-state index is 1.17. The van der Waals surface area contributed by atoms with Gasteiger partial charge in [-0.25, -0.2) is 4.57 Å². The molecular weight excluding hydrogens is 230 g/mol. The molecule has 0 amide bonds. The van der Waals surface area contributed by atoms with Gasteiger partial charge in [0, 0.05) is 18.6 Å². The van der Waals surface area contributed by atoms with Crippen LogP contribution in [0.5, 0.6) is 0 Å². The average molecular weight is 262 g/mol. The summed E-state index contributed by atoms with van der Waals surface area (Å²) in [4.78, 5) is 0. The van der Waals surface area contributed by atoms with Crippen LogP contribution >= 0.6 is 0 Å². The lowest BCUT2D eigenvalue weighted by atomic mass is 10.1. The molecule has 1 nitrogen and oxygen atoms in total. The van der Waals surface area contributed by atoms with E-state index in [2.05, 4.69) is 42.9 Å². The number of rotatable bonds is 11. The van der Waals surface area contributed by atoms with E-state index in [-0.39, 0.29) is 0 Å². The van der Waals surface area contributed by atoms with Crippen molar-refractivity contribution in [1.82, 2.24) is 0 Å². The van der Waals surface area contributed by atoms with Gasteiger partial charge in [0.1, 0.15) is 6.54 Å². The zero-order valence-electron chi connectivity index (χ0n) is 13.0. The Hall–Kier alpha value is -0.850. The van der Waals surface area contributed by atoms with E-state index in [4.69, 9.17) is 0 Å². The number of hydrogen-bond donors (Lipinski definition) is 0. The lowest BCUT2D eigenvalue weighted by Gasteiger charge is -2.02. The normalized spacial score (nSPS) is 10.8. The van der Waals surface area contributed by atoms with Gasteiger partial charge in [0.25, 0.3) is 0 Å². The Morgan fingerprint density at radius 1 is 0.737 bits per heavy atom. The van der Waals surface area contributed by atoms with E-state index in [1.807, 2.05) is 0 Å². The second-order valence-electron chi connectivity index (χ2n) is 5.67. The summed E-state index contributed by atoms with van der Waals surface area (Å²) < 4.78 is 2.32. The predicted octanol–water partition coefficient (Wildman–Crippen LogP) is 5.07. The zero-order chi connectivity index (χ0) is 13.8. The molecule has 0 saturated carbocycles. The molecular formula is C18H32N+. The predicted molar refractivity (Wildman–Crippen MR) is 83.2 cm³/mol. The van der Waals surface area contributed by atoms with Gasteiger partial charge in [-0.15, -0.1) is 0 Å². The van der Waals surface area contributed by atoms with Gasteiger partial charge in [0.2, 0.25) is 0 Å². The number of aryl methyl sites for hydroxylation is 2. The van der Waals surface area contributed by atoms with Gasteiger partial charge in [0.15, 0.2) is 12.4 Å². The molecule has 0 aromatic carbocycles. The summed E-state index contributed by atoms with van der Waals surface area (Å²) in [7, 11) is 0. The lowest BCUT2D eigenvalue weighted by Crippen LogP contribution is -2.32. The van der Waals surface area contributed by atoms with Gasteiger partial charge in [-0.3, -0.25) is 0 Å². The van der Waals surface area contributed by atoms with E-state index >= 15 is 0 Å². The molecule has 0 unspecified atom stereocenters. The van der Waals surface area contributed by atoms with Crippen molar-refractivity contribution in [2.45, 2.75) is 84.6 Å². The Labute approximate surface area is 120 Å². The number of aromatic nitrogens is 1. The highest BCUT2D eigenvalue weighted by atomic mass is 14.9. The first-order chi connectivity index (χ1) is 9.36. The molecule has 0 radical (unpaired) electrons. The quantitative estimate of drug-likeness (QED) is 0.387. The molecule has 0 spiro atoms. The molecule has 1 heteroatoms. The van der Waals surface area contributed by atoms with Crippen molar-refractivity contribution < 1.29 is 4.57 Å². The summed E-state index contributed by atoms with van der Waals surface area (Å²) in [5, 5.41) is 0. The second-order valence-corrected chi connectivity index (χ2v) is 5.67. The van der Waals surface area contributed by atoms with E-state index < -0.39 is 0 Å². The fourth-order valence-electron chi connectivity index (χ4n) is 2.46. The van der Waals surface area contributed by atoms with Crippen molar-refractivity contribution in [3.63, 3.8) is 0 Å². The molecule has 0 aliphatic rings. The average Bonchev–Trinajstić information content (AvgIpc) is 2.44. The summed E-state index contributed by atoms with van der Waals surface area (Å²) in [6.07, 6.45) is 18.0. The Balaban J connectivity index is 2.13. The van der Waals surface area contributed by atoms with Gasteiger partial charge in [0.05, 0.1) is 0 Å². The molecule has 1 rings (SSSR count). The monoisotopic (exact) mass is 262 g/mol. The van der Waals surface area contributed by atoms with Gasteiger partial charge >= 0.3 is 0 Å². The maximum Gasteiger partial charge on any atom is 0.169 e. The third-order valence-electron chi connectivity index (χ3n) is 3.80. The van der Waals surface area contributed by atoms with Crippen molar-refractivity contribution in [3.05, 3.63) is 30.1 Å². The standard InChI is InChI=1S/C18H32N/c1-3-5-7-8-9-10-12-18-13-16-19(17-14-18)15-11-6-4-2/h13-14,16-17H,3-12,15H2,1-2H3/q+1. The van der Waals surface area contributed by atoms with Crippen LogP contribution in [0.2, 0.25) is 0 Å². The van der Waals surface area contributed by atoms with Crippen LogP contribution < -0.4 is 4.57 Å². The first-order valence-corrected chi connectivity index (χ1v) is 8.34. The maximum atomic E-state index is 2.32. The molecule has 0 aliphatic carbocycles. The van der Waals surface area contributed by atoms with Crippen LogP contribution in [0.1, 0.15) is 77.2 Å². The Morgan fingerprint density at radius 3 is 2.00 bits per heavy atom. The number of nitrogens with zero attached hydrogens (tertiary/aromatic N) is 1. The van der Waals surface area contributed by atoms with Gasteiger partial charge in [-0.1, -0.05) is 52.4 Å². The van der Waals surface area contributed by atoms with Crippen molar-refractivity contribution >= 4 is 0 Å². The largest absolute Gasteiger partial charge is 0.205 e. The summed E-state index contributed by atoms with van der Waals surface area (Å²) >= 11 is 0. The number of hydrogen-bond acceptors (Lipinski definition) is 0. The van der Waals surface area contributed by atoms with E-state index in [0.717, 1.165) is 0 Å². The third kappa shape index (κ3) is 8.02. The summed E-state index contributed by atoms with van der Waals surface area (Å²) in [6.45, 7) is 5.71. The van der Waals surface area contributed by atoms with Gasteiger partial charge in [-0.2, -0.15) is 0 Å². The SMILES string of the molecule is CCCCCCCCc1cc[n+](CCCCC)cc1. The number of pyridine rings is 1. The highest BCUT2D eigenvalue weighted by molar-refractivity contribution is 5.07. The fourth-order valence-corrected chi connectivity index (χ4v) is 2.46. The molecule has 108 valence electrons. The van der Waals surface area contributed by atoms with Crippen LogP contribution in [0.15, 0.2) is 24.5 Å². The van der Waals surface area contributed by atoms with E-state index in [1.165, 1.54) is 76.3 Å². The Bertz CT molecular complexity index is 302. The van der Waals surface area contributed by atoms with Crippen molar-refractivity contribution in [3.8, 4) is 0 Å². The first-order valence-electron chi connectivity index (χ1n) is 8.34. The zero-order valence-corrected chi connectivity index (χ0v) is 13.0. The van der Waals surface area contributed by atoms with Crippen LogP contribution in [0.25, 0.3) is 0 Å². The molecule has 1 heterocycles. The maximum absolute atomic E-state index is 2.32. The Morgan fingerprint density at radius 2 is 1.32 bits per heavy atom. The molecule has 0 bridgehead atoms. The highest BCUT2D eigenvalue weighted by Crippen LogP contribution is 2.08. The van der Waals surface area contributed by atoms with Crippen LogP contribution in [0.3, 0.4) is 0 Å². The van der Waals surface area contributed by atoms with Crippen molar-refractivity contribution in [2.24, 2.45) is 0 Å². The molecule has 1 aromatic rings. The second kappa shape index (κ2) is 11.0. The minimum atomic E-state index is 1.17. The molecule has 1 aromatic heterocycles. The van der Waals surface area contributed by atoms with Crippen molar-refractivity contribution in [2.75, 3.05) is 0 Å².